The molecule has 2 aromatic carbocycles. The van der Waals surface area contributed by atoms with Crippen LogP contribution in [0.3, 0.4) is 0 Å². The van der Waals surface area contributed by atoms with Gasteiger partial charge >= 0.3 is 5.97 Å². The summed E-state index contributed by atoms with van der Waals surface area (Å²) >= 11 is 0. The SMILES string of the molecule is CC(C)/C(=C\c1ccccc1)[C@@H]1C[C@H]1NC1CCN(Cc2ccc(C(=O)OC(C)(C)C)cc2)CC1. The van der Waals surface area contributed by atoms with E-state index in [1.54, 1.807) is 5.57 Å². The second-order valence-electron chi connectivity index (χ2n) is 11.6. The van der Waals surface area contributed by atoms with E-state index in [1.165, 1.54) is 30.4 Å². The van der Waals surface area contributed by atoms with Gasteiger partial charge in [0.2, 0.25) is 0 Å². The minimum Gasteiger partial charge on any atom is -0.456 e. The molecule has 2 aliphatic rings. The summed E-state index contributed by atoms with van der Waals surface area (Å²) in [6.45, 7) is 13.5. The smallest absolute Gasteiger partial charge is 0.338 e. The molecule has 4 rings (SSSR count). The normalized spacial score (nSPS) is 21.8. The monoisotopic (exact) mass is 474 g/mol. The van der Waals surface area contributed by atoms with Gasteiger partial charge in [-0.1, -0.05) is 68.0 Å². The summed E-state index contributed by atoms with van der Waals surface area (Å²) in [4.78, 5) is 14.8. The number of esters is 1. The Morgan fingerprint density at radius 2 is 1.71 bits per heavy atom. The molecule has 188 valence electrons. The molecule has 1 heterocycles. The van der Waals surface area contributed by atoms with Crippen LogP contribution in [0.1, 0.15) is 75.4 Å². The van der Waals surface area contributed by atoms with Crippen molar-refractivity contribution in [3.63, 3.8) is 0 Å². The standard InChI is InChI=1S/C31H42N2O2/c1-22(2)27(19-23-9-7-6-8-10-23)28-20-29(28)32-26-15-17-33(18-16-26)21-24-11-13-25(14-12-24)30(34)35-31(3,4)5/h6-14,19,22,26,28-29,32H,15-18,20-21H2,1-5H3/b27-19+/t28-,29+/m0/s1. The number of carbonyl (C=O) groups excluding carboxylic acids is 1. The first-order valence-electron chi connectivity index (χ1n) is 13.2. The van der Waals surface area contributed by atoms with E-state index in [9.17, 15) is 4.79 Å². The molecule has 4 heteroatoms. The summed E-state index contributed by atoms with van der Waals surface area (Å²) in [6.07, 6.45) is 6.06. The molecule has 2 fully saturated rings. The third kappa shape index (κ3) is 7.52. The molecule has 2 aromatic rings. The third-order valence-corrected chi connectivity index (χ3v) is 7.05. The fourth-order valence-electron chi connectivity index (χ4n) is 5.09. The molecular weight excluding hydrogens is 432 g/mol. The average molecular weight is 475 g/mol. The Bertz CT molecular complexity index is 997. The molecule has 0 amide bonds. The first kappa shape index (κ1) is 25.7. The van der Waals surface area contributed by atoms with Crippen LogP contribution in [-0.4, -0.2) is 41.6 Å². The van der Waals surface area contributed by atoms with Crippen LogP contribution < -0.4 is 5.32 Å². The van der Waals surface area contributed by atoms with Crippen LogP contribution in [0.2, 0.25) is 0 Å². The van der Waals surface area contributed by atoms with Gasteiger partial charge in [0.1, 0.15) is 5.60 Å². The predicted molar refractivity (Wildman–Crippen MR) is 144 cm³/mol. The zero-order valence-corrected chi connectivity index (χ0v) is 22.1. The van der Waals surface area contributed by atoms with Crippen LogP contribution in [-0.2, 0) is 11.3 Å². The van der Waals surface area contributed by atoms with E-state index >= 15 is 0 Å². The van der Waals surface area contributed by atoms with Crippen LogP contribution in [0.4, 0.5) is 0 Å². The molecule has 0 aromatic heterocycles. The quantitative estimate of drug-likeness (QED) is 0.454. The first-order valence-corrected chi connectivity index (χ1v) is 13.2. The second-order valence-corrected chi connectivity index (χ2v) is 11.6. The number of nitrogens with zero attached hydrogens (tertiary/aromatic N) is 1. The fraction of sp³-hybridized carbons (Fsp3) is 0.516. The highest BCUT2D eigenvalue weighted by Gasteiger charge is 2.41. The second kappa shape index (κ2) is 11.1. The van der Waals surface area contributed by atoms with Crippen molar-refractivity contribution in [1.82, 2.24) is 10.2 Å². The third-order valence-electron chi connectivity index (χ3n) is 7.05. The van der Waals surface area contributed by atoms with Crippen molar-refractivity contribution < 1.29 is 9.53 Å². The van der Waals surface area contributed by atoms with Gasteiger partial charge in [0.05, 0.1) is 5.56 Å². The maximum absolute atomic E-state index is 12.2. The van der Waals surface area contributed by atoms with E-state index in [0.717, 1.165) is 19.6 Å². The van der Waals surface area contributed by atoms with Crippen LogP contribution >= 0.6 is 0 Å². The van der Waals surface area contributed by atoms with Gasteiger partial charge in [-0.05, 0) is 88.2 Å². The Hall–Kier alpha value is -2.43. The van der Waals surface area contributed by atoms with Gasteiger partial charge in [-0.25, -0.2) is 4.79 Å². The van der Waals surface area contributed by atoms with Crippen molar-refractivity contribution in [1.29, 1.82) is 0 Å². The summed E-state index contributed by atoms with van der Waals surface area (Å²) in [5.74, 6) is 1.00. The molecular formula is C31H42N2O2. The molecule has 0 bridgehead atoms. The number of nitrogens with one attached hydrogen (secondary N) is 1. The highest BCUT2D eigenvalue weighted by Crippen LogP contribution is 2.42. The predicted octanol–water partition coefficient (Wildman–Crippen LogP) is 6.32. The molecule has 0 unspecified atom stereocenters. The lowest BCUT2D eigenvalue weighted by Gasteiger charge is -2.32. The lowest BCUT2D eigenvalue weighted by Crippen LogP contribution is -2.43. The van der Waals surface area contributed by atoms with E-state index in [1.807, 2.05) is 32.9 Å². The van der Waals surface area contributed by atoms with Gasteiger partial charge in [-0.2, -0.15) is 0 Å². The van der Waals surface area contributed by atoms with Crippen molar-refractivity contribution in [2.75, 3.05) is 13.1 Å². The minimum absolute atomic E-state index is 0.256. The van der Waals surface area contributed by atoms with E-state index in [4.69, 9.17) is 4.74 Å². The van der Waals surface area contributed by atoms with E-state index in [0.29, 0.717) is 29.5 Å². The Morgan fingerprint density at radius 3 is 2.31 bits per heavy atom. The van der Waals surface area contributed by atoms with Gasteiger partial charge in [-0.3, -0.25) is 4.90 Å². The van der Waals surface area contributed by atoms with E-state index in [2.05, 4.69) is 72.6 Å². The summed E-state index contributed by atoms with van der Waals surface area (Å²) in [5, 5.41) is 3.97. The van der Waals surface area contributed by atoms with Gasteiger partial charge in [-0.15, -0.1) is 0 Å². The molecule has 0 radical (unpaired) electrons. The number of hydrogen-bond acceptors (Lipinski definition) is 4. The highest BCUT2D eigenvalue weighted by atomic mass is 16.6. The maximum Gasteiger partial charge on any atom is 0.338 e. The number of piperidine rings is 1. The maximum atomic E-state index is 12.2. The number of carbonyl (C=O) groups is 1. The molecule has 1 aliphatic heterocycles. The molecule has 1 N–H and O–H groups in total. The van der Waals surface area contributed by atoms with Crippen molar-refractivity contribution in [2.45, 2.75) is 78.1 Å². The van der Waals surface area contributed by atoms with Crippen molar-refractivity contribution >= 4 is 12.0 Å². The Balaban J connectivity index is 1.23. The molecule has 1 saturated carbocycles. The first-order chi connectivity index (χ1) is 16.7. The van der Waals surface area contributed by atoms with Crippen LogP contribution in [0.5, 0.6) is 0 Å². The Morgan fingerprint density at radius 1 is 1.06 bits per heavy atom. The summed E-state index contributed by atoms with van der Waals surface area (Å²) in [7, 11) is 0. The average Bonchev–Trinajstić information content (AvgIpc) is 3.57. The Kier molecular flexibility index (Phi) is 8.13. The largest absolute Gasteiger partial charge is 0.456 e. The lowest BCUT2D eigenvalue weighted by molar-refractivity contribution is 0.00695. The number of likely N-dealkylation sites (tertiary alicyclic amines) is 1. The zero-order chi connectivity index (χ0) is 25.0. The molecule has 35 heavy (non-hydrogen) atoms. The summed E-state index contributed by atoms with van der Waals surface area (Å²) in [6, 6.07) is 19.9. The topological polar surface area (TPSA) is 41.6 Å². The summed E-state index contributed by atoms with van der Waals surface area (Å²) < 4.78 is 5.47. The van der Waals surface area contributed by atoms with Crippen molar-refractivity contribution in [2.24, 2.45) is 11.8 Å². The molecule has 4 nitrogen and oxygen atoms in total. The zero-order valence-electron chi connectivity index (χ0n) is 22.1. The molecule has 2 atom stereocenters. The van der Waals surface area contributed by atoms with E-state index < -0.39 is 5.60 Å². The number of ether oxygens (including phenoxy) is 1. The Labute approximate surface area is 211 Å². The minimum atomic E-state index is -0.469. The highest BCUT2D eigenvalue weighted by molar-refractivity contribution is 5.89. The van der Waals surface area contributed by atoms with E-state index in [-0.39, 0.29) is 5.97 Å². The number of benzene rings is 2. The van der Waals surface area contributed by atoms with Gasteiger partial charge < -0.3 is 10.1 Å². The van der Waals surface area contributed by atoms with Gasteiger partial charge in [0, 0.05) is 18.6 Å². The number of rotatable bonds is 8. The molecule has 1 aliphatic carbocycles. The van der Waals surface area contributed by atoms with Crippen LogP contribution in [0.25, 0.3) is 6.08 Å². The van der Waals surface area contributed by atoms with Crippen molar-refractivity contribution in [3.8, 4) is 0 Å². The fourth-order valence-corrected chi connectivity index (χ4v) is 5.09. The van der Waals surface area contributed by atoms with Crippen LogP contribution in [0, 0.1) is 11.8 Å². The van der Waals surface area contributed by atoms with Gasteiger partial charge in [0.15, 0.2) is 0 Å². The molecule has 0 spiro atoms. The van der Waals surface area contributed by atoms with Crippen LogP contribution in [0.15, 0.2) is 60.2 Å². The molecule has 1 saturated heterocycles. The van der Waals surface area contributed by atoms with Crippen molar-refractivity contribution in [3.05, 3.63) is 76.9 Å². The lowest BCUT2D eigenvalue weighted by atomic mass is 9.95. The summed E-state index contributed by atoms with van der Waals surface area (Å²) in [5.41, 5.74) is 4.30. The van der Waals surface area contributed by atoms with Gasteiger partial charge in [0.25, 0.3) is 0 Å². The number of hydrogen-bond donors (Lipinski definition) is 1.